The van der Waals surface area contributed by atoms with Crippen molar-refractivity contribution in [1.29, 1.82) is 0 Å². The van der Waals surface area contributed by atoms with Gasteiger partial charge in [-0.3, -0.25) is 4.79 Å². The molecule has 2 aliphatic rings. The number of fused-ring (bicyclic) bond motifs is 1. The number of hydrogen-bond donors (Lipinski definition) is 1. The third-order valence-electron chi connectivity index (χ3n) is 4.60. The zero-order chi connectivity index (χ0) is 18.2. The minimum Gasteiger partial charge on any atom is -0.485 e. The van der Waals surface area contributed by atoms with Gasteiger partial charge in [0.25, 0.3) is 5.91 Å². The number of carbonyl (C=O) groups is 1. The van der Waals surface area contributed by atoms with Crippen molar-refractivity contribution in [3.63, 3.8) is 0 Å². The minimum atomic E-state index is -0.693. The largest absolute Gasteiger partial charge is 0.485 e. The Labute approximate surface area is 155 Å². The summed E-state index contributed by atoms with van der Waals surface area (Å²) in [6, 6.07) is 15.2. The van der Waals surface area contributed by atoms with Crippen LogP contribution < -0.4 is 14.8 Å². The molecule has 0 saturated heterocycles. The van der Waals surface area contributed by atoms with E-state index in [2.05, 4.69) is 20.8 Å². The molecule has 5 rings (SSSR count). The Hall–Kier alpha value is -3.42. The van der Waals surface area contributed by atoms with Crippen LogP contribution in [0, 0.1) is 0 Å². The van der Waals surface area contributed by atoms with E-state index in [0.29, 0.717) is 23.2 Å². The molecule has 0 bridgehead atoms. The van der Waals surface area contributed by atoms with Crippen LogP contribution in [0.15, 0.2) is 48.5 Å². The molecule has 3 aromatic rings. The fourth-order valence-corrected chi connectivity index (χ4v) is 3.02. The van der Waals surface area contributed by atoms with Gasteiger partial charge in [0.2, 0.25) is 6.10 Å². The average Bonchev–Trinajstić information content (AvgIpc) is 3.44. The molecule has 1 aliphatic heterocycles. The van der Waals surface area contributed by atoms with Crippen molar-refractivity contribution in [1.82, 2.24) is 20.2 Å². The number of para-hydroxylation sites is 2. The predicted octanol–water partition coefficient (Wildman–Crippen LogP) is 2.45. The standard InChI is InChI=1S/C19H17N5O3/c25-19(17-11-26-15-3-1-2-4-16(15)27-17)20-13-7-5-12(6-8-13)18-21-22-23-24(18)14-9-10-14/h1-8,14,17H,9-11H2,(H,20,25)/t17-/m0/s1. The number of aromatic nitrogens is 4. The van der Waals surface area contributed by atoms with Gasteiger partial charge in [0.15, 0.2) is 17.3 Å². The second kappa shape index (κ2) is 6.39. The lowest BCUT2D eigenvalue weighted by molar-refractivity contribution is -0.125. The van der Waals surface area contributed by atoms with Gasteiger partial charge in [-0.2, -0.15) is 0 Å². The molecule has 27 heavy (non-hydrogen) atoms. The van der Waals surface area contributed by atoms with E-state index in [0.717, 1.165) is 24.2 Å². The zero-order valence-electron chi connectivity index (χ0n) is 14.4. The van der Waals surface area contributed by atoms with Crippen LogP contribution in [-0.2, 0) is 4.79 Å². The number of benzene rings is 2. The summed E-state index contributed by atoms with van der Waals surface area (Å²) in [6.45, 7) is 0.178. The van der Waals surface area contributed by atoms with E-state index < -0.39 is 6.10 Å². The summed E-state index contributed by atoms with van der Waals surface area (Å²) >= 11 is 0. The third-order valence-corrected chi connectivity index (χ3v) is 4.60. The van der Waals surface area contributed by atoms with Crippen molar-refractivity contribution >= 4 is 11.6 Å². The summed E-state index contributed by atoms with van der Waals surface area (Å²) in [6.07, 6.45) is 1.53. The highest BCUT2D eigenvalue weighted by Crippen LogP contribution is 2.36. The fraction of sp³-hybridized carbons (Fsp3) is 0.263. The molecule has 136 valence electrons. The number of carbonyl (C=O) groups excluding carboxylic acids is 1. The van der Waals surface area contributed by atoms with E-state index >= 15 is 0 Å². The maximum absolute atomic E-state index is 12.5. The highest BCUT2D eigenvalue weighted by atomic mass is 16.6. The highest BCUT2D eigenvalue weighted by Gasteiger charge is 2.29. The maximum atomic E-state index is 12.5. The topological polar surface area (TPSA) is 91.2 Å². The smallest absolute Gasteiger partial charge is 0.269 e. The first-order valence-electron chi connectivity index (χ1n) is 8.85. The van der Waals surface area contributed by atoms with Gasteiger partial charge in [0, 0.05) is 11.3 Å². The van der Waals surface area contributed by atoms with E-state index in [4.69, 9.17) is 9.47 Å². The summed E-state index contributed by atoms with van der Waals surface area (Å²) < 4.78 is 13.2. The first-order chi connectivity index (χ1) is 13.3. The Morgan fingerprint density at radius 1 is 1.07 bits per heavy atom. The van der Waals surface area contributed by atoms with Crippen LogP contribution in [0.1, 0.15) is 18.9 Å². The number of nitrogens with one attached hydrogen (secondary N) is 1. The second-order valence-electron chi connectivity index (χ2n) is 6.61. The number of ether oxygens (including phenoxy) is 2. The molecule has 1 aromatic heterocycles. The van der Waals surface area contributed by atoms with Crippen molar-refractivity contribution in [3.8, 4) is 22.9 Å². The molecule has 1 N–H and O–H groups in total. The van der Waals surface area contributed by atoms with E-state index in [9.17, 15) is 4.79 Å². The van der Waals surface area contributed by atoms with Crippen LogP contribution in [0.5, 0.6) is 11.5 Å². The van der Waals surface area contributed by atoms with Crippen LogP contribution in [-0.4, -0.2) is 38.8 Å². The Morgan fingerprint density at radius 2 is 1.85 bits per heavy atom. The monoisotopic (exact) mass is 363 g/mol. The van der Waals surface area contributed by atoms with Gasteiger partial charge in [-0.05, 0) is 59.7 Å². The second-order valence-corrected chi connectivity index (χ2v) is 6.61. The Morgan fingerprint density at radius 3 is 2.63 bits per heavy atom. The fourth-order valence-electron chi connectivity index (χ4n) is 3.02. The number of nitrogens with zero attached hydrogens (tertiary/aromatic N) is 4. The first kappa shape index (κ1) is 15.8. The Balaban J connectivity index is 1.27. The normalized spacial score (nSPS) is 18.1. The van der Waals surface area contributed by atoms with Crippen molar-refractivity contribution in [3.05, 3.63) is 48.5 Å². The van der Waals surface area contributed by atoms with Crippen LogP contribution in [0.2, 0.25) is 0 Å². The predicted molar refractivity (Wildman–Crippen MR) is 96.5 cm³/mol. The summed E-state index contributed by atoms with van der Waals surface area (Å²) in [4.78, 5) is 12.5. The van der Waals surface area contributed by atoms with Gasteiger partial charge >= 0.3 is 0 Å². The summed E-state index contributed by atoms with van der Waals surface area (Å²) in [5.41, 5.74) is 1.59. The van der Waals surface area contributed by atoms with Gasteiger partial charge in [0.05, 0.1) is 6.04 Å². The zero-order valence-corrected chi connectivity index (χ0v) is 14.4. The average molecular weight is 363 g/mol. The molecular formula is C19H17N5O3. The maximum Gasteiger partial charge on any atom is 0.269 e. The molecule has 1 aliphatic carbocycles. The number of rotatable bonds is 4. The molecule has 1 amide bonds. The van der Waals surface area contributed by atoms with Gasteiger partial charge in [-0.15, -0.1) is 5.10 Å². The van der Waals surface area contributed by atoms with Crippen LogP contribution in [0.25, 0.3) is 11.4 Å². The lowest BCUT2D eigenvalue weighted by Gasteiger charge is -2.25. The molecule has 2 heterocycles. The van der Waals surface area contributed by atoms with Crippen LogP contribution in [0.3, 0.4) is 0 Å². The summed E-state index contributed by atoms with van der Waals surface area (Å²) in [7, 11) is 0. The van der Waals surface area contributed by atoms with E-state index in [1.54, 1.807) is 6.07 Å². The van der Waals surface area contributed by atoms with Crippen molar-refractivity contribution in [2.24, 2.45) is 0 Å². The molecule has 1 atom stereocenters. The molecule has 0 spiro atoms. The Bertz CT molecular complexity index is 981. The van der Waals surface area contributed by atoms with E-state index in [-0.39, 0.29) is 12.5 Å². The number of amides is 1. The quantitative estimate of drug-likeness (QED) is 0.766. The van der Waals surface area contributed by atoms with E-state index in [1.165, 1.54) is 0 Å². The van der Waals surface area contributed by atoms with Crippen molar-refractivity contribution in [2.45, 2.75) is 25.0 Å². The minimum absolute atomic E-state index is 0.178. The van der Waals surface area contributed by atoms with Crippen molar-refractivity contribution < 1.29 is 14.3 Å². The molecule has 2 aromatic carbocycles. The Kier molecular flexibility index (Phi) is 3.74. The van der Waals surface area contributed by atoms with Gasteiger partial charge in [-0.1, -0.05) is 12.1 Å². The van der Waals surface area contributed by atoms with Crippen molar-refractivity contribution in [2.75, 3.05) is 11.9 Å². The molecule has 0 unspecified atom stereocenters. The van der Waals surface area contributed by atoms with Gasteiger partial charge < -0.3 is 14.8 Å². The first-order valence-corrected chi connectivity index (χ1v) is 8.85. The lowest BCUT2D eigenvalue weighted by atomic mass is 10.2. The van der Waals surface area contributed by atoms with Crippen LogP contribution in [0.4, 0.5) is 5.69 Å². The van der Waals surface area contributed by atoms with Crippen LogP contribution >= 0.6 is 0 Å². The molecule has 1 fully saturated rings. The van der Waals surface area contributed by atoms with E-state index in [1.807, 2.05) is 47.1 Å². The number of anilines is 1. The molecular weight excluding hydrogens is 346 g/mol. The highest BCUT2D eigenvalue weighted by molar-refractivity contribution is 5.94. The molecule has 1 saturated carbocycles. The molecule has 0 radical (unpaired) electrons. The molecule has 8 nitrogen and oxygen atoms in total. The third kappa shape index (κ3) is 3.10. The number of tetrazole rings is 1. The summed E-state index contributed by atoms with van der Waals surface area (Å²) in [5.74, 6) is 1.72. The van der Waals surface area contributed by atoms with Gasteiger partial charge in [-0.25, -0.2) is 4.68 Å². The number of hydrogen-bond acceptors (Lipinski definition) is 6. The summed E-state index contributed by atoms with van der Waals surface area (Å²) in [5, 5.41) is 14.8. The molecule has 8 heteroatoms. The SMILES string of the molecule is O=C(Nc1ccc(-c2nnnn2C2CC2)cc1)[C@@H]1COc2ccccc2O1. The van der Waals surface area contributed by atoms with Gasteiger partial charge in [0.1, 0.15) is 6.61 Å². The lowest BCUT2D eigenvalue weighted by Crippen LogP contribution is -2.40.